The van der Waals surface area contributed by atoms with Crippen molar-refractivity contribution in [1.82, 2.24) is 20.1 Å². The Bertz CT molecular complexity index is 517. The zero-order chi connectivity index (χ0) is 13.7. The summed E-state index contributed by atoms with van der Waals surface area (Å²) in [4.78, 5) is 37.8. The molecule has 1 atom stereocenters. The summed E-state index contributed by atoms with van der Waals surface area (Å²) in [6.45, 7) is 6.57. The highest BCUT2D eigenvalue weighted by atomic mass is 16.2. The molecule has 0 bridgehead atoms. The molecule has 0 fully saturated rings. The zero-order valence-corrected chi connectivity index (χ0v) is 10.6. The lowest BCUT2D eigenvalue weighted by molar-refractivity contribution is -0.131. The van der Waals surface area contributed by atoms with E-state index in [0.29, 0.717) is 13.1 Å². The third-order valence-corrected chi connectivity index (χ3v) is 2.51. The lowest BCUT2D eigenvalue weighted by Gasteiger charge is -2.23. The molecule has 0 saturated carbocycles. The highest BCUT2D eigenvalue weighted by Gasteiger charge is 2.19. The Balaban J connectivity index is 2.81. The van der Waals surface area contributed by atoms with Crippen molar-refractivity contribution in [3.8, 4) is 0 Å². The fourth-order valence-electron chi connectivity index (χ4n) is 1.52. The molecular formula is C10H17N5O3. The molecule has 0 spiro atoms. The van der Waals surface area contributed by atoms with Crippen LogP contribution in [0.5, 0.6) is 0 Å². The number of likely N-dealkylation sites (N-methyl/N-ethyl adjacent to an activating group) is 1. The normalized spacial score (nSPS) is 11.9. The zero-order valence-electron chi connectivity index (χ0n) is 10.6. The molecule has 0 aliphatic carbocycles. The van der Waals surface area contributed by atoms with Gasteiger partial charge in [0.1, 0.15) is 6.04 Å². The second-order valence-corrected chi connectivity index (χ2v) is 3.73. The van der Waals surface area contributed by atoms with Crippen molar-refractivity contribution in [2.45, 2.75) is 26.8 Å². The van der Waals surface area contributed by atoms with E-state index >= 15 is 0 Å². The molecular weight excluding hydrogens is 238 g/mol. The highest BCUT2D eigenvalue weighted by molar-refractivity contribution is 5.83. The smallest absolute Gasteiger partial charge is 0.342 e. The van der Waals surface area contributed by atoms with Gasteiger partial charge in [-0.05, 0) is 20.8 Å². The first-order valence-electron chi connectivity index (χ1n) is 5.73. The number of anilines is 1. The molecule has 1 heterocycles. The van der Waals surface area contributed by atoms with Crippen molar-refractivity contribution in [1.29, 1.82) is 0 Å². The van der Waals surface area contributed by atoms with Crippen LogP contribution in [0.4, 0.5) is 5.82 Å². The van der Waals surface area contributed by atoms with E-state index in [-0.39, 0.29) is 11.7 Å². The number of rotatable bonds is 5. The van der Waals surface area contributed by atoms with Crippen LogP contribution in [0, 0.1) is 0 Å². The van der Waals surface area contributed by atoms with Crippen LogP contribution >= 0.6 is 0 Å². The Morgan fingerprint density at radius 1 is 1.39 bits per heavy atom. The van der Waals surface area contributed by atoms with Crippen LogP contribution in [-0.2, 0) is 4.79 Å². The molecule has 8 heteroatoms. The first-order chi connectivity index (χ1) is 8.49. The van der Waals surface area contributed by atoms with Crippen molar-refractivity contribution in [2.24, 2.45) is 0 Å². The topological polar surface area (TPSA) is 111 Å². The second kappa shape index (κ2) is 5.99. The number of amides is 1. The highest BCUT2D eigenvalue weighted by Crippen LogP contribution is 1.99. The van der Waals surface area contributed by atoms with Gasteiger partial charge in [0.05, 0.1) is 0 Å². The quantitative estimate of drug-likeness (QED) is 0.633. The van der Waals surface area contributed by atoms with Gasteiger partial charge in [-0.2, -0.15) is 0 Å². The standard InChI is InChI=1S/C10H17N5O3/c1-4-15(5-2)9(17)6(3)11-7-8(16)12-10(18)14-13-7/h6H,4-5H2,1-3H3,(H,11,13)(H2,12,14,16,18). The van der Waals surface area contributed by atoms with E-state index in [1.54, 1.807) is 11.8 Å². The minimum absolute atomic E-state index is 0.0809. The fourth-order valence-corrected chi connectivity index (χ4v) is 1.52. The van der Waals surface area contributed by atoms with Gasteiger partial charge in [0.25, 0.3) is 5.56 Å². The van der Waals surface area contributed by atoms with Gasteiger partial charge in [-0.25, -0.2) is 9.89 Å². The Labute approximate surface area is 103 Å². The number of nitrogens with one attached hydrogen (secondary N) is 3. The largest absolute Gasteiger partial charge is 0.353 e. The number of hydrogen-bond donors (Lipinski definition) is 3. The molecule has 8 nitrogen and oxygen atoms in total. The van der Waals surface area contributed by atoms with E-state index < -0.39 is 17.3 Å². The maximum atomic E-state index is 11.9. The third-order valence-electron chi connectivity index (χ3n) is 2.51. The van der Waals surface area contributed by atoms with Gasteiger partial charge >= 0.3 is 5.69 Å². The molecule has 1 aromatic heterocycles. The minimum Gasteiger partial charge on any atom is -0.353 e. The average molecular weight is 255 g/mol. The minimum atomic E-state index is -0.687. The summed E-state index contributed by atoms with van der Waals surface area (Å²) in [7, 11) is 0. The van der Waals surface area contributed by atoms with E-state index in [9.17, 15) is 14.4 Å². The summed E-state index contributed by atoms with van der Waals surface area (Å²) in [6.07, 6.45) is 0. The van der Waals surface area contributed by atoms with Crippen molar-refractivity contribution in [2.75, 3.05) is 18.4 Å². The molecule has 1 unspecified atom stereocenters. The van der Waals surface area contributed by atoms with Crippen molar-refractivity contribution in [3.05, 3.63) is 20.8 Å². The van der Waals surface area contributed by atoms with Crippen LogP contribution in [-0.4, -0.2) is 45.1 Å². The first-order valence-corrected chi connectivity index (χ1v) is 5.73. The van der Waals surface area contributed by atoms with Gasteiger partial charge < -0.3 is 10.2 Å². The van der Waals surface area contributed by atoms with Crippen LogP contribution < -0.4 is 16.6 Å². The summed E-state index contributed by atoms with van der Waals surface area (Å²) in [5.41, 5.74) is -1.34. The lowest BCUT2D eigenvalue weighted by atomic mass is 10.3. The van der Waals surface area contributed by atoms with E-state index in [0.717, 1.165) is 0 Å². The van der Waals surface area contributed by atoms with Crippen LogP contribution in [0.25, 0.3) is 0 Å². The number of aromatic nitrogens is 3. The Hall–Kier alpha value is -2.12. The van der Waals surface area contributed by atoms with Gasteiger partial charge in [0.2, 0.25) is 11.7 Å². The van der Waals surface area contributed by atoms with E-state index in [1.807, 2.05) is 18.8 Å². The van der Waals surface area contributed by atoms with Gasteiger partial charge in [-0.1, -0.05) is 0 Å². The number of carbonyl (C=O) groups is 1. The predicted molar refractivity (Wildman–Crippen MR) is 66.5 cm³/mol. The van der Waals surface area contributed by atoms with E-state index in [1.165, 1.54) is 0 Å². The second-order valence-electron chi connectivity index (χ2n) is 3.73. The molecule has 1 aromatic rings. The molecule has 1 rings (SSSR count). The van der Waals surface area contributed by atoms with Crippen molar-refractivity contribution in [3.63, 3.8) is 0 Å². The van der Waals surface area contributed by atoms with Gasteiger partial charge in [0.15, 0.2) is 0 Å². The van der Waals surface area contributed by atoms with Gasteiger partial charge in [-0.3, -0.25) is 14.6 Å². The molecule has 0 saturated heterocycles. The predicted octanol–water partition coefficient (Wildman–Crippen LogP) is -0.873. The van der Waals surface area contributed by atoms with E-state index in [2.05, 4.69) is 15.5 Å². The molecule has 0 aliphatic heterocycles. The first kappa shape index (κ1) is 13.9. The van der Waals surface area contributed by atoms with Crippen molar-refractivity contribution >= 4 is 11.7 Å². The molecule has 0 aliphatic rings. The Morgan fingerprint density at radius 3 is 2.50 bits per heavy atom. The summed E-state index contributed by atoms with van der Waals surface area (Å²) in [6, 6.07) is -0.593. The Morgan fingerprint density at radius 2 is 2.00 bits per heavy atom. The van der Waals surface area contributed by atoms with Gasteiger partial charge in [0, 0.05) is 13.1 Å². The van der Waals surface area contributed by atoms with Crippen LogP contribution in [0.15, 0.2) is 9.59 Å². The monoisotopic (exact) mass is 255 g/mol. The summed E-state index contributed by atoms with van der Waals surface area (Å²) >= 11 is 0. The van der Waals surface area contributed by atoms with Gasteiger partial charge in [-0.15, -0.1) is 5.10 Å². The SMILES string of the molecule is CCN(CC)C(=O)C(C)Nc1n[nH]c(=O)[nH]c1=O. The summed E-state index contributed by atoms with van der Waals surface area (Å²) < 4.78 is 0. The average Bonchev–Trinajstić information content (AvgIpc) is 2.34. The molecule has 100 valence electrons. The van der Waals surface area contributed by atoms with Crippen LogP contribution in [0.3, 0.4) is 0 Å². The summed E-state index contributed by atoms with van der Waals surface area (Å²) in [5, 5.41) is 8.31. The number of H-pyrrole nitrogens is 2. The number of aromatic amines is 2. The van der Waals surface area contributed by atoms with Crippen LogP contribution in [0.2, 0.25) is 0 Å². The molecule has 3 N–H and O–H groups in total. The molecule has 0 radical (unpaired) electrons. The number of hydrogen-bond acceptors (Lipinski definition) is 5. The molecule has 18 heavy (non-hydrogen) atoms. The Kier molecular flexibility index (Phi) is 4.64. The maximum Gasteiger partial charge on any atom is 0.342 e. The number of nitrogens with zero attached hydrogens (tertiary/aromatic N) is 2. The van der Waals surface area contributed by atoms with E-state index in [4.69, 9.17) is 0 Å². The maximum absolute atomic E-state index is 11.9. The summed E-state index contributed by atoms with van der Waals surface area (Å²) in [5.74, 6) is -0.213. The van der Waals surface area contributed by atoms with Crippen molar-refractivity contribution < 1.29 is 4.79 Å². The fraction of sp³-hybridized carbons (Fsp3) is 0.600. The third kappa shape index (κ3) is 3.19. The lowest BCUT2D eigenvalue weighted by Crippen LogP contribution is -2.42. The molecule has 1 amide bonds. The van der Waals surface area contributed by atoms with Crippen LogP contribution in [0.1, 0.15) is 20.8 Å². The number of carbonyl (C=O) groups excluding carboxylic acids is 1. The molecule has 0 aromatic carbocycles.